The Kier molecular flexibility index (Phi) is 4.17. The molecule has 2 aromatic rings. The van der Waals surface area contributed by atoms with Crippen molar-refractivity contribution in [2.24, 2.45) is 5.92 Å². The van der Waals surface area contributed by atoms with Crippen molar-refractivity contribution >= 4 is 20.9 Å². The molecule has 0 radical (unpaired) electrons. The summed E-state index contributed by atoms with van der Waals surface area (Å²) in [6, 6.07) is 3.40. The summed E-state index contributed by atoms with van der Waals surface area (Å²) in [6.45, 7) is 3.81. The maximum atomic E-state index is 12.1. The fraction of sp³-hybridized carbons (Fsp3) is 0.462. The minimum Gasteiger partial charge on any atom is -0.296 e. The van der Waals surface area contributed by atoms with Gasteiger partial charge in [-0.1, -0.05) is 13.8 Å². The van der Waals surface area contributed by atoms with Gasteiger partial charge in [0.1, 0.15) is 0 Å². The molecule has 6 nitrogen and oxygen atoms in total. The Morgan fingerprint density at radius 1 is 1.30 bits per heavy atom. The first-order valence-corrected chi connectivity index (χ1v) is 8.22. The number of aromatic nitrogens is 3. The third kappa shape index (κ3) is 3.41. The first-order valence-electron chi connectivity index (χ1n) is 6.39. The first kappa shape index (κ1) is 14.6. The zero-order chi connectivity index (χ0) is 14.8. The van der Waals surface area contributed by atoms with Gasteiger partial charge in [0.25, 0.3) is 5.56 Å². The van der Waals surface area contributed by atoms with Gasteiger partial charge in [0.15, 0.2) is 15.4 Å². The molecule has 20 heavy (non-hydrogen) atoms. The number of aryl methyl sites for hydroxylation is 1. The first-order chi connectivity index (χ1) is 9.39. The highest BCUT2D eigenvalue weighted by atomic mass is 32.2. The minimum atomic E-state index is -3.16. The molecule has 2 rings (SSSR count). The molecule has 0 aliphatic heterocycles. The van der Waals surface area contributed by atoms with Crippen molar-refractivity contribution in [1.82, 2.24) is 14.5 Å². The third-order valence-electron chi connectivity index (χ3n) is 2.82. The highest BCUT2D eigenvalue weighted by Crippen LogP contribution is 2.03. The lowest BCUT2D eigenvalue weighted by Gasteiger charge is -2.08. The molecular formula is C13H17N3O3S. The molecule has 0 aliphatic carbocycles. The quantitative estimate of drug-likeness (QED) is 0.817. The van der Waals surface area contributed by atoms with Crippen LogP contribution in [0, 0.1) is 5.92 Å². The topological polar surface area (TPSA) is 81.9 Å². The number of hydrogen-bond acceptors (Lipinski definition) is 5. The lowest BCUT2D eigenvalue weighted by molar-refractivity contribution is 0.574. The third-order valence-corrected chi connectivity index (χ3v) is 4.80. The molecule has 0 saturated heterocycles. The predicted octanol–water partition coefficient (Wildman–Crippen LogP) is 0.862. The summed E-state index contributed by atoms with van der Waals surface area (Å²) in [6.07, 6.45) is 2.89. The zero-order valence-corrected chi connectivity index (χ0v) is 12.3. The second-order valence-electron chi connectivity index (χ2n) is 5.12. The van der Waals surface area contributed by atoms with Gasteiger partial charge in [-0.15, -0.1) is 0 Å². The highest BCUT2D eigenvalue weighted by molar-refractivity contribution is 7.91. The van der Waals surface area contributed by atoms with E-state index in [-0.39, 0.29) is 35.0 Å². The van der Waals surface area contributed by atoms with Crippen LogP contribution in [0.15, 0.2) is 29.5 Å². The van der Waals surface area contributed by atoms with E-state index in [0.717, 1.165) is 0 Å². The van der Waals surface area contributed by atoms with Crippen molar-refractivity contribution in [1.29, 1.82) is 0 Å². The molecule has 0 N–H and O–H groups in total. The van der Waals surface area contributed by atoms with Crippen molar-refractivity contribution in [3.05, 3.63) is 35.0 Å². The number of fused-ring (bicyclic) bond motifs is 1. The molecule has 0 saturated carbocycles. The van der Waals surface area contributed by atoms with Crippen LogP contribution in [0.4, 0.5) is 0 Å². The fourth-order valence-electron chi connectivity index (χ4n) is 1.97. The van der Waals surface area contributed by atoms with Crippen LogP contribution in [0.5, 0.6) is 0 Å². The van der Waals surface area contributed by atoms with Crippen molar-refractivity contribution in [3.63, 3.8) is 0 Å². The maximum absolute atomic E-state index is 12.1. The van der Waals surface area contributed by atoms with Crippen LogP contribution in [0.3, 0.4) is 0 Å². The monoisotopic (exact) mass is 295 g/mol. The van der Waals surface area contributed by atoms with Crippen LogP contribution in [0.1, 0.15) is 13.8 Å². The molecule has 0 amide bonds. The van der Waals surface area contributed by atoms with E-state index in [1.54, 1.807) is 12.1 Å². The van der Waals surface area contributed by atoms with Crippen LogP contribution < -0.4 is 5.56 Å². The smallest absolute Gasteiger partial charge is 0.279 e. The molecule has 0 aromatic carbocycles. The van der Waals surface area contributed by atoms with Crippen molar-refractivity contribution < 1.29 is 8.42 Å². The Bertz CT molecular complexity index is 766. The van der Waals surface area contributed by atoms with Gasteiger partial charge in [-0.05, 0) is 18.1 Å². The summed E-state index contributed by atoms with van der Waals surface area (Å²) in [7, 11) is -3.16. The average Bonchev–Trinajstić information content (AvgIpc) is 2.37. The van der Waals surface area contributed by atoms with E-state index in [4.69, 9.17) is 0 Å². The van der Waals surface area contributed by atoms with Gasteiger partial charge in [0, 0.05) is 12.7 Å². The van der Waals surface area contributed by atoms with Gasteiger partial charge in [0.2, 0.25) is 0 Å². The molecule has 0 bridgehead atoms. The molecule has 2 heterocycles. The van der Waals surface area contributed by atoms with Crippen LogP contribution in [-0.4, -0.2) is 34.5 Å². The van der Waals surface area contributed by atoms with E-state index >= 15 is 0 Å². The molecule has 108 valence electrons. The maximum Gasteiger partial charge on any atom is 0.279 e. The highest BCUT2D eigenvalue weighted by Gasteiger charge is 2.14. The number of sulfone groups is 1. The van der Waals surface area contributed by atoms with Crippen LogP contribution in [0.25, 0.3) is 11.0 Å². The second kappa shape index (κ2) is 5.70. The summed E-state index contributed by atoms with van der Waals surface area (Å²) >= 11 is 0. The van der Waals surface area contributed by atoms with Gasteiger partial charge in [-0.3, -0.25) is 9.36 Å². The molecule has 7 heteroatoms. The van der Waals surface area contributed by atoms with E-state index in [0.29, 0.717) is 5.52 Å². The second-order valence-corrected chi connectivity index (χ2v) is 7.35. The number of rotatable bonds is 5. The van der Waals surface area contributed by atoms with Crippen molar-refractivity contribution in [2.45, 2.75) is 20.4 Å². The Morgan fingerprint density at radius 2 is 2.05 bits per heavy atom. The molecule has 0 spiro atoms. The predicted molar refractivity (Wildman–Crippen MR) is 77.3 cm³/mol. The normalized spacial score (nSPS) is 12.2. The standard InChI is InChI=1S/C13H17N3O3S/c1-10(2)8-20(18,19)7-6-16-9-15-11-4-3-5-14-12(11)13(16)17/h3-5,9-10H,6-8H2,1-2H3. The van der Waals surface area contributed by atoms with E-state index in [1.165, 1.54) is 17.1 Å². The largest absolute Gasteiger partial charge is 0.296 e. The molecule has 0 unspecified atom stereocenters. The Morgan fingerprint density at radius 3 is 2.75 bits per heavy atom. The lowest BCUT2D eigenvalue weighted by Crippen LogP contribution is -2.26. The Labute approximate surface area is 117 Å². The van der Waals surface area contributed by atoms with Gasteiger partial charge in [0.05, 0.1) is 23.3 Å². The molecule has 0 fully saturated rings. The van der Waals surface area contributed by atoms with Crippen molar-refractivity contribution in [2.75, 3.05) is 11.5 Å². The average molecular weight is 295 g/mol. The van der Waals surface area contributed by atoms with Crippen LogP contribution >= 0.6 is 0 Å². The lowest BCUT2D eigenvalue weighted by atomic mass is 10.3. The summed E-state index contributed by atoms with van der Waals surface area (Å²) in [5.41, 5.74) is 0.463. The number of nitrogens with zero attached hydrogens (tertiary/aromatic N) is 3. The summed E-state index contributed by atoms with van der Waals surface area (Å²) in [5, 5.41) is 0. The number of pyridine rings is 1. The van der Waals surface area contributed by atoms with Gasteiger partial charge >= 0.3 is 0 Å². The summed E-state index contributed by atoms with van der Waals surface area (Å²) < 4.78 is 25.0. The molecule has 2 aromatic heterocycles. The van der Waals surface area contributed by atoms with Crippen LogP contribution in [0.2, 0.25) is 0 Å². The van der Waals surface area contributed by atoms with E-state index in [1.807, 2.05) is 13.8 Å². The van der Waals surface area contributed by atoms with E-state index in [2.05, 4.69) is 9.97 Å². The molecule has 0 aliphatic rings. The fourth-order valence-corrected chi connectivity index (χ4v) is 3.63. The van der Waals surface area contributed by atoms with Gasteiger partial charge in [-0.25, -0.2) is 18.4 Å². The van der Waals surface area contributed by atoms with E-state index < -0.39 is 9.84 Å². The van der Waals surface area contributed by atoms with Crippen molar-refractivity contribution in [3.8, 4) is 0 Å². The molecular weight excluding hydrogens is 278 g/mol. The Balaban J connectivity index is 2.23. The zero-order valence-electron chi connectivity index (χ0n) is 11.5. The minimum absolute atomic E-state index is 0.0644. The van der Waals surface area contributed by atoms with Gasteiger partial charge < -0.3 is 0 Å². The summed E-state index contributed by atoms with van der Waals surface area (Å²) in [4.78, 5) is 20.2. The molecule has 0 atom stereocenters. The van der Waals surface area contributed by atoms with Gasteiger partial charge in [-0.2, -0.15) is 0 Å². The SMILES string of the molecule is CC(C)CS(=O)(=O)CCn1cnc2cccnc2c1=O. The van der Waals surface area contributed by atoms with Crippen LogP contribution in [-0.2, 0) is 16.4 Å². The number of hydrogen-bond donors (Lipinski definition) is 0. The van der Waals surface area contributed by atoms with E-state index in [9.17, 15) is 13.2 Å². The Hall–Kier alpha value is -1.76. The summed E-state index contributed by atoms with van der Waals surface area (Å²) in [5.74, 6) is 0.139.